The first-order chi connectivity index (χ1) is 6.45. The molecule has 0 heterocycles. The molecule has 0 aliphatic rings. The van der Waals surface area contributed by atoms with Crippen molar-refractivity contribution in [2.24, 2.45) is 0 Å². The van der Waals surface area contributed by atoms with Crippen LogP contribution in [0.4, 0.5) is 0 Å². The summed E-state index contributed by atoms with van der Waals surface area (Å²) in [6.07, 6.45) is 3.80. The maximum atomic E-state index is 10.9. The molecule has 0 aliphatic carbocycles. The Bertz CT molecular complexity index is 263. The zero-order valence-corrected chi connectivity index (χ0v) is 10.4. The minimum atomic E-state index is -1.26. The smallest absolute Gasteiger partial charge is 0.330 e. The molecule has 0 unspecified atom stereocenters. The van der Waals surface area contributed by atoms with Gasteiger partial charge in [-0.2, -0.15) is 0 Å². The molecule has 0 aromatic heterocycles. The van der Waals surface area contributed by atoms with Crippen LogP contribution in [0.3, 0.4) is 0 Å². The summed E-state index contributed by atoms with van der Waals surface area (Å²) in [6, 6.07) is 0. The second-order valence-corrected chi connectivity index (χ2v) is 8.66. The van der Waals surface area contributed by atoms with Gasteiger partial charge in [-0.05, 0) is 6.92 Å². The Balaban J connectivity index is 3.83. The average molecular weight is 210 g/mol. The monoisotopic (exact) mass is 210 g/mol. The van der Waals surface area contributed by atoms with Gasteiger partial charge in [0.25, 0.3) is 0 Å². The molecule has 0 spiro atoms. The second kappa shape index (κ2) is 6.44. The Hall–Kier alpha value is -1.01. The van der Waals surface area contributed by atoms with Crippen LogP contribution in [0.1, 0.15) is 13.3 Å². The van der Waals surface area contributed by atoms with E-state index in [1.165, 1.54) is 6.08 Å². The third-order valence-corrected chi connectivity index (χ3v) is 2.15. The minimum absolute atomic E-state index is 0.290. The molecular formula is C11H18O2Si. The van der Waals surface area contributed by atoms with Crippen LogP contribution in [-0.4, -0.2) is 20.7 Å². The fourth-order valence-electron chi connectivity index (χ4n) is 0.721. The van der Waals surface area contributed by atoms with E-state index in [1.807, 2.05) is 0 Å². The van der Waals surface area contributed by atoms with Crippen molar-refractivity contribution in [2.75, 3.05) is 6.61 Å². The first-order valence-corrected chi connectivity index (χ1v) is 8.29. The molecule has 0 amide bonds. The van der Waals surface area contributed by atoms with Crippen molar-refractivity contribution in [3.63, 3.8) is 0 Å². The third-order valence-electron chi connectivity index (χ3n) is 1.22. The average Bonchev–Trinajstić information content (AvgIpc) is 2.02. The van der Waals surface area contributed by atoms with Gasteiger partial charge in [0, 0.05) is 12.5 Å². The molecule has 0 rings (SSSR count). The summed E-state index contributed by atoms with van der Waals surface area (Å²) in [7, 11) is -1.26. The number of carbonyl (C=O) groups is 1. The van der Waals surface area contributed by atoms with Gasteiger partial charge in [0.15, 0.2) is 0 Å². The quantitative estimate of drug-likeness (QED) is 0.309. The highest BCUT2D eigenvalue weighted by atomic mass is 28.3. The van der Waals surface area contributed by atoms with Crippen molar-refractivity contribution in [1.82, 2.24) is 0 Å². The third kappa shape index (κ3) is 9.08. The summed E-state index contributed by atoms with van der Waals surface area (Å²) in [4.78, 5) is 10.9. The minimum Gasteiger partial charge on any atom is -0.463 e. The van der Waals surface area contributed by atoms with E-state index in [4.69, 9.17) is 4.74 Å². The topological polar surface area (TPSA) is 26.3 Å². The van der Waals surface area contributed by atoms with E-state index in [2.05, 4.69) is 31.1 Å². The van der Waals surface area contributed by atoms with Crippen LogP contribution in [0, 0.1) is 11.5 Å². The van der Waals surface area contributed by atoms with Crippen LogP contribution in [0.2, 0.25) is 19.6 Å². The molecule has 0 N–H and O–H groups in total. The first kappa shape index (κ1) is 13.0. The Morgan fingerprint density at radius 2 is 2.07 bits per heavy atom. The van der Waals surface area contributed by atoms with Crippen LogP contribution < -0.4 is 0 Å². The van der Waals surface area contributed by atoms with Crippen molar-refractivity contribution in [2.45, 2.75) is 33.0 Å². The molecule has 0 aliphatic heterocycles. The van der Waals surface area contributed by atoms with E-state index >= 15 is 0 Å². The second-order valence-electron chi connectivity index (χ2n) is 3.91. The van der Waals surface area contributed by atoms with Gasteiger partial charge in [-0.3, -0.25) is 0 Å². The first-order valence-electron chi connectivity index (χ1n) is 4.79. The van der Waals surface area contributed by atoms with E-state index in [1.54, 1.807) is 13.0 Å². The van der Waals surface area contributed by atoms with E-state index in [0.717, 1.165) is 0 Å². The number of rotatable bonds is 3. The lowest BCUT2D eigenvalue weighted by molar-refractivity contribution is -0.137. The molecule has 2 nitrogen and oxygen atoms in total. The van der Waals surface area contributed by atoms with Gasteiger partial charge < -0.3 is 4.74 Å². The highest BCUT2D eigenvalue weighted by Gasteiger charge is 2.06. The molecule has 0 aromatic rings. The van der Waals surface area contributed by atoms with Gasteiger partial charge in [-0.15, -0.1) is 11.5 Å². The Labute approximate surface area is 87.4 Å². The van der Waals surface area contributed by atoms with Gasteiger partial charge in [-0.1, -0.05) is 25.7 Å². The van der Waals surface area contributed by atoms with Crippen molar-refractivity contribution in [3.05, 3.63) is 12.2 Å². The fraction of sp³-hybridized carbons (Fsp3) is 0.545. The summed E-state index contributed by atoms with van der Waals surface area (Å²) >= 11 is 0. The fourth-order valence-corrected chi connectivity index (χ4v) is 1.35. The normalized spacial score (nSPS) is 10.9. The number of carbonyl (C=O) groups excluding carboxylic acids is 1. The van der Waals surface area contributed by atoms with E-state index in [-0.39, 0.29) is 5.97 Å². The zero-order chi connectivity index (χ0) is 11.0. The summed E-state index contributed by atoms with van der Waals surface area (Å²) < 4.78 is 4.72. The van der Waals surface area contributed by atoms with Crippen LogP contribution in [0.25, 0.3) is 0 Å². The van der Waals surface area contributed by atoms with Gasteiger partial charge in [0.05, 0.1) is 6.61 Å². The van der Waals surface area contributed by atoms with Gasteiger partial charge in [0.1, 0.15) is 8.07 Å². The van der Waals surface area contributed by atoms with Crippen LogP contribution in [-0.2, 0) is 9.53 Å². The number of allylic oxidation sites excluding steroid dienone is 1. The van der Waals surface area contributed by atoms with Crippen LogP contribution in [0.5, 0.6) is 0 Å². The largest absolute Gasteiger partial charge is 0.463 e. The molecule has 0 radical (unpaired) electrons. The Kier molecular flexibility index (Phi) is 5.98. The van der Waals surface area contributed by atoms with Gasteiger partial charge in [-0.25, -0.2) is 4.79 Å². The lowest BCUT2D eigenvalue weighted by Gasteiger charge is -2.02. The lowest BCUT2D eigenvalue weighted by atomic mass is 10.4. The molecule has 0 fully saturated rings. The van der Waals surface area contributed by atoms with E-state index in [9.17, 15) is 4.79 Å². The molecule has 3 heteroatoms. The van der Waals surface area contributed by atoms with Crippen LogP contribution in [0.15, 0.2) is 12.2 Å². The van der Waals surface area contributed by atoms with E-state index < -0.39 is 8.07 Å². The number of hydrogen-bond acceptors (Lipinski definition) is 2. The summed E-state index contributed by atoms with van der Waals surface area (Å²) in [6.45, 7) is 8.78. The molecule has 0 saturated carbocycles. The number of ether oxygens (including phenoxy) is 1. The Morgan fingerprint density at radius 1 is 1.43 bits per heavy atom. The summed E-state index contributed by atoms with van der Waals surface area (Å²) in [5, 5.41) is 0. The highest BCUT2D eigenvalue weighted by molar-refractivity contribution is 6.83. The van der Waals surface area contributed by atoms with Crippen molar-refractivity contribution < 1.29 is 9.53 Å². The molecule has 14 heavy (non-hydrogen) atoms. The summed E-state index contributed by atoms with van der Waals surface area (Å²) in [5.41, 5.74) is 3.21. The molecule has 0 aromatic carbocycles. The number of esters is 1. The predicted octanol–water partition coefficient (Wildman–Crippen LogP) is 2.38. The SMILES string of the molecule is CCOC(=O)/C=C\CC#C[Si](C)(C)C. The molecular weight excluding hydrogens is 192 g/mol. The number of hydrogen-bond donors (Lipinski definition) is 0. The van der Waals surface area contributed by atoms with Gasteiger partial charge >= 0.3 is 5.97 Å². The maximum absolute atomic E-state index is 10.9. The van der Waals surface area contributed by atoms with E-state index in [0.29, 0.717) is 13.0 Å². The standard InChI is InChI=1S/C11H18O2Si/c1-5-13-11(12)9-7-6-8-10-14(2,3)4/h7,9H,5-6H2,1-4H3/b9-7-. The molecule has 0 atom stereocenters. The van der Waals surface area contributed by atoms with Crippen molar-refractivity contribution >= 4 is 14.0 Å². The molecule has 0 saturated heterocycles. The zero-order valence-electron chi connectivity index (χ0n) is 9.39. The van der Waals surface area contributed by atoms with Gasteiger partial charge in [0.2, 0.25) is 0 Å². The van der Waals surface area contributed by atoms with Crippen molar-refractivity contribution in [3.8, 4) is 11.5 Å². The molecule has 0 bridgehead atoms. The Morgan fingerprint density at radius 3 is 2.57 bits per heavy atom. The molecule has 78 valence electrons. The summed E-state index contributed by atoms with van der Waals surface area (Å²) in [5.74, 6) is 2.75. The van der Waals surface area contributed by atoms with Crippen molar-refractivity contribution in [1.29, 1.82) is 0 Å². The lowest BCUT2D eigenvalue weighted by Crippen LogP contribution is -2.16. The highest BCUT2D eigenvalue weighted by Crippen LogP contribution is 1.96. The predicted molar refractivity (Wildman–Crippen MR) is 61.5 cm³/mol. The van der Waals surface area contributed by atoms with Crippen LogP contribution >= 0.6 is 0 Å². The maximum Gasteiger partial charge on any atom is 0.330 e.